The summed E-state index contributed by atoms with van der Waals surface area (Å²) in [6, 6.07) is 20.3. The maximum atomic E-state index is 12.8. The molecule has 0 radical (unpaired) electrons. The van der Waals surface area contributed by atoms with E-state index in [0.717, 1.165) is 30.8 Å². The van der Waals surface area contributed by atoms with Gasteiger partial charge in [-0.1, -0.05) is 48.5 Å². The van der Waals surface area contributed by atoms with Gasteiger partial charge in [0, 0.05) is 18.8 Å². The van der Waals surface area contributed by atoms with E-state index in [1.54, 1.807) is 0 Å². The van der Waals surface area contributed by atoms with E-state index in [2.05, 4.69) is 17.1 Å². The highest BCUT2D eigenvalue weighted by Crippen LogP contribution is 2.39. The third-order valence-corrected chi connectivity index (χ3v) is 4.15. The Labute approximate surface area is 124 Å². The number of nitrogens with zero attached hydrogens (tertiary/aromatic N) is 3. The molecular formula is C17H17N3O. The summed E-state index contributed by atoms with van der Waals surface area (Å²) in [4.78, 5) is 14.7. The minimum absolute atomic E-state index is 0.0383. The van der Waals surface area contributed by atoms with Crippen LogP contribution in [0.5, 0.6) is 0 Å². The molecule has 0 aliphatic carbocycles. The maximum absolute atomic E-state index is 12.8. The quantitative estimate of drug-likeness (QED) is 0.843. The molecule has 1 atom stereocenters. The standard InChI is InChI=1S/C17H17N3O/c21-17-19-13-7-12-18(19)16(14-8-3-1-4-9-14)20(17)15-10-5-2-6-11-15/h1-6,8-11,16H,7,12-13H2/t16-/m1/s1. The van der Waals surface area contributed by atoms with E-state index in [-0.39, 0.29) is 12.2 Å². The average Bonchev–Trinajstić information content (AvgIpc) is 3.11. The van der Waals surface area contributed by atoms with Gasteiger partial charge in [0.15, 0.2) is 0 Å². The van der Waals surface area contributed by atoms with Crippen molar-refractivity contribution < 1.29 is 4.79 Å². The molecule has 0 unspecified atom stereocenters. The minimum atomic E-state index is -0.0383. The molecule has 2 heterocycles. The Morgan fingerprint density at radius 1 is 0.857 bits per heavy atom. The van der Waals surface area contributed by atoms with Crippen molar-refractivity contribution in [3.8, 4) is 0 Å². The number of hydrazine groups is 1. The lowest BCUT2D eigenvalue weighted by Gasteiger charge is -2.27. The van der Waals surface area contributed by atoms with Gasteiger partial charge in [0.25, 0.3) is 0 Å². The second-order valence-electron chi connectivity index (χ2n) is 5.41. The van der Waals surface area contributed by atoms with Gasteiger partial charge >= 0.3 is 6.03 Å². The fourth-order valence-electron chi connectivity index (χ4n) is 3.24. The van der Waals surface area contributed by atoms with Crippen molar-refractivity contribution in [2.75, 3.05) is 18.0 Å². The fraction of sp³-hybridized carbons (Fsp3) is 0.235. The van der Waals surface area contributed by atoms with Crippen LogP contribution in [0.15, 0.2) is 60.7 Å². The van der Waals surface area contributed by atoms with Crippen LogP contribution in [0.1, 0.15) is 18.2 Å². The van der Waals surface area contributed by atoms with Crippen LogP contribution in [0.2, 0.25) is 0 Å². The van der Waals surface area contributed by atoms with Crippen LogP contribution in [0.3, 0.4) is 0 Å². The van der Waals surface area contributed by atoms with E-state index in [1.807, 2.05) is 58.4 Å². The van der Waals surface area contributed by atoms with Gasteiger partial charge in [0.05, 0.1) is 0 Å². The molecule has 0 spiro atoms. The summed E-state index contributed by atoms with van der Waals surface area (Å²) in [6.07, 6.45) is 1.00. The molecule has 21 heavy (non-hydrogen) atoms. The van der Waals surface area contributed by atoms with Gasteiger partial charge < -0.3 is 0 Å². The highest BCUT2D eigenvalue weighted by molar-refractivity contribution is 5.94. The zero-order valence-corrected chi connectivity index (χ0v) is 11.7. The van der Waals surface area contributed by atoms with Gasteiger partial charge in [0.2, 0.25) is 0 Å². The van der Waals surface area contributed by atoms with Crippen molar-refractivity contribution in [1.82, 2.24) is 10.0 Å². The van der Waals surface area contributed by atoms with Crippen LogP contribution in [-0.4, -0.2) is 29.1 Å². The number of anilines is 1. The predicted octanol–water partition coefficient (Wildman–Crippen LogP) is 3.25. The third kappa shape index (κ3) is 1.91. The molecule has 0 aromatic heterocycles. The Morgan fingerprint density at radius 3 is 2.24 bits per heavy atom. The van der Waals surface area contributed by atoms with Crippen molar-refractivity contribution in [3.63, 3.8) is 0 Å². The molecule has 2 fully saturated rings. The van der Waals surface area contributed by atoms with Crippen LogP contribution in [0.25, 0.3) is 0 Å². The molecule has 0 saturated carbocycles. The van der Waals surface area contributed by atoms with Crippen LogP contribution < -0.4 is 4.90 Å². The summed E-state index contributed by atoms with van der Waals surface area (Å²) >= 11 is 0. The first-order chi connectivity index (χ1) is 10.4. The van der Waals surface area contributed by atoms with Gasteiger partial charge in [-0.05, 0) is 24.1 Å². The summed E-state index contributed by atoms with van der Waals surface area (Å²) in [6.45, 7) is 1.74. The minimum Gasteiger partial charge on any atom is -0.271 e. The molecule has 2 aliphatic rings. The Kier molecular flexibility index (Phi) is 2.89. The van der Waals surface area contributed by atoms with Gasteiger partial charge in [-0.15, -0.1) is 0 Å². The first-order valence-electron chi connectivity index (χ1n) is 7.33. The first-order valence-corrected chi connectivity index (χ1v) is 7.33. The Morgan fingerprint density at radius 2 is 1.52 bits per heavy atom. The molecule has 0 bridgehead atoms. The molecule has 2 aliphatic heterocycles. The van der Waals surface area contributed by atoms with Crippen molar-refractivity contribution in [2.24, 2.45) is 0 Å². The molecule has 0 N–H and O–H groups in total. The molecule has 4 heteroatoms. The van der Waals surface area contributed by atoms with Crippen LogP contribution in [0.4, 0.5) is 10.5 Å². The van der Waals surface area contributed by atoms with Crippen LogP contribution in [-0.2, 0) is 0 Å². The zero-order chi connectivity index (χ0) is 14.2. The second-order valence-corrected chi connectivity index (χ2v) is 5.41. The Hall–Kier alpha value is -2.33. The lowest BCUT2D eigenvalue weighted by atomic mass is 10.1. The predicted molar refractivity (Wildman–Crippen MR) is 81.5 cm³/mol. The molecule has 2 amide bonds. The van der Waals surface area contributed by atoms with E-state index in [0.29, 0.717) is 0 Å². The number of rotatable bonds is 2. The van der Waals surface area contributed by atoms with E-state index in [9.17, 15) is 4.79 Å². The number of carbonyl (C=O) groups excluding carboxylic acids is 1. The number of fused-ring (bicyclic) bond motifs is 1. The number of amides is 2. The van der Waals surface area contributed by atoms with E-state index < -0.39 is 0 Å². The fourth-order valence-corrected chi connectivity index (χ4v) is 3.24. The van der Waals surface area contributed by atoms with E-state index in [4.69, 9.17) is 0 Å². The molecule has 2 saturated heterocycles. The summed E-state index contributed by atoms with van der Waals surface area (Å²) in [5.74, 6) is 0. The number of hydrogen-bond donors (Lipinski definition) is 0. The van der Waals surface area contributed by atoms with Crippen LogP contribution >= 0.6 is 0 Å². The summed E-state index contributed by atoms with van der Waals surface area (Å²) in [5.41, 5.74) is 2.10. The maximum Gasteiger partial charge on any atom is 0.340 e. The first kappa shape index (κ1) is 12.4. The molecular weight excluding hydrogens is 262 g/mol. The second kappa shape index (κ2) is 4.90. The number of para-hydroxylation sites is 1. The largest absolute Gasteiger partial charge is 0.340 e. The summed E-state index contributed by atoms with van der Waals surface area (Å²) in [5, 5.41) is 4.06. The van der Waals surface area contributed by atoms with Gasteiger partial charge in [-0.2, -0.15) is 5.01 Å². The lowest BCUT2D eigenvalue weighted by Crippen LogP contribution is -2.32. The molecule has 4 rings (SSSR count). The van der Waals surface area contributed by atoms with Crippen molar-refractivity contribution in [3.05, 3.63) is 66.2 Å². The van der Waals surface area contributed by atoms with E-state index >= 15 is 0 Å². The molecule has 2 aromatic rings. The molecule has 106 valence electrons. The van der Waals surface area contributed by atoms with Gasteiger partial charge in [0.1, 0.15) is 6.17 Å². The smallest absolute Gasteiger partial charge is 0.271 e. The van der Waals surface area contributed by atoms with Crippen molar-refractivity contribution >= 4 is 11.7 Å². The molecule has 4 nitrogen and oxygen atoms in total. The monoisotopic (exact) mass is 279 g/mol. The number of carbonyl (C=O) groups is 1. The van der Waals surface area contributed by atoms with Gasteiger partial charge in [-0.3, -0.25) is 9.91 Å². The zero-order valence-electron chi connectivity index (χ0n) is 11.7. The number of hydrogen-bond acceptors (Lipinski definition) is 2. The van der Waals surface area contributed by atoms with Crippen molar-refractivity contribution in [2.45, 2.75) is 12.6 Å². The SMILES string of the molecule is O=C1N(c2ccccc2)[C@H](c2ccccc2)N2CCCN12. The third-order valence-electron chi connectivity index (χ3n) is 4.15. The topological polar surface area (TPSA) is 26.8 Å². The summed E-state index contributed by atoms with van der Waals surface area (Å²) in [7, 11) is 0. The average molecular weight is 279 g/mol. The number of benzene rings is 2. The lowest BCUT2D eigenvalue weighted by molar-refractivity contribution is 0.0728. The number of urea groups is 1. The Balaban J connectivity index is 1.81. The Bertz CT molecular complexity index is 644. The van der Waals surface area contributed by atoms with Crippen LogP contribution in [0, 0.1) is 0 Å². The normalized spacial score (nSPS) is 21.9. The molecule has 2 aromatic carbocycles. The summed E-state index contributed by atoms with van der Waals surface area (Å²) < 4.78 is 0. The highest BCUT2D eigenvalue weighted by atomic mass is 16.2. The highest BCUT2D eigenvalue weighted by Gasteiger charge is 2.47. The van der Waals surface area contributed by atoms with E-state index in [1.165, 1.54) is 0 Å². The van der Waals surface area contributed by atoms with Gasteiger partial charge in [-0.25, -0.2) is 4.79 Å². The van der Waals surface area contributed by atoms with Crippen molar-refractivity contribution in [1.29, 1.82) is 0 Å².